The summed E-state index contributed by atoms with van der Waals surface area (Å²) in [4.78, 5) is 13.9. The molecule has 0 radical (unpaired) electrons. The summed E-state index contributed by atoms with van der Waals surface area (Å²) < 4.78 is 43.3. The van der Waals surface area contributed by atoms with Gasteiger partial charge in [0.15, 0.2) is 0 Å². The van der Waals surface area contributed by atoms with Gasteiger partial charge in [-0.15, -0.1) is 0 Å². The molecule has 1 heterocycles. The summed E-state index contributed by atoms with van der Waals surface area (Å²) in [6.07, 6.45) is -5.33. The zero-order valence-corrected chi connectivity index (χ0v) is 10.1. The van der Waals surface area contributed by atoms with E-state index in [0.29, 0.717) is 6.54 Å². The van der Waals surface area contributed by atoms with Crippen molar-refractivity contribution in [3.8, 4) is 0 Å². The standard InChI is InChI=1S/C10H17F3N2O2/c1-4-17-9(16)15-7(2)5-14(3)6-8(15)10(11,12)13/h7-8H,4-6H2,1-3H3. The molecule has 0 aromatic carbocycles. The minimum atomic E-state index is -4.43. The number of likely N-dealkylation sites (N-methyl/N-ethyl adjacent to an activating group) is 1. The molecule has 7 heteroatoms. The first-order valence-corrected chi connectivity index (χ1v) is 5.47. The highest BCUT2D eigenvalue weighted by atomic mass is 19.4. The Morgan fingerprint density at radius 3 is 2.47 bits per heavy atom. The lowest BCUT2D eigenvalue weighted by Gasteiger charge is -2.44. The van der Waals surface area contributed by atoms with Gasteiger partial charge >= 0.3 is 12.3 Å². The molecule has 17 heavy (non-hydrogen) atoms. The SMILES string of the molecule is CCOC(=O)N1C(C)CN(C)CC1C(F)(F)F. The zero-order chi connectivity index (χ0) is 13.2. The molecule has 1 amide bonds. The van der Waals surface area contributed by atoms with Crippen LogP contribution in [0.25, 0.3) is 0 Å². The van der Waals surface area contributed by atoms with Gasteiger partial charge in [0.1, 0.15) is 6.04 Å². The van der Waals surface area contributed by atoms with E-state index in [1.165, 1.54) is 0 Å². The van der Waals surface area contributed by atoms with Crippen molar-refractivity contribution in [2.45, 2.75) is 32.1 Å². The first-order valence-electron chi connectivity index (χ1n) is 5.47. The van der Waals surface area contributed by atoms with E-state index in [0.717, 1.165) is 4.90 Å². The zero-order valence-electron chi connectivity index (χ0n) is 10.1. The Kier molecular flexibility index (Phi) is 4.24. The Hall–Kier alpha value is -0.980. The maximum Gasteiger partial charge on any atom is 0.410 e. The molecule has 1 fully saturated rings. The van der Waals surface area contributed by atoms with Gasteiger partial charge in [0.25, 0.3) is 0 Å². The summed E-state index contributed by atoms with van der Waals surface area (Å²) in [5, 5.41) is 0. The first-order chi connectivity index (χ1) is 7.77. The molecule has 2 atom stereocenters. The molecule has 0 aromatic rings. The minimum Gasteiger partial charge on any atom is -0.450 e. The molecular weight excluding hydrogens is 237 g/mol. The second-order valence-corrected chi connectivity index (χ2v) is 4.23. The summed E-state index contributed by atoms with van der Waals surface area (Å²) in [5.74, 6) is 0. The van der Waals surface area contributed by atoms with Gasteiger partial charge in [-0.25, -0.2) is 4.79 Å². The van der Waals surface area contributed by atoms with Crippen LogP contribution >= 0.6 is 0 Å². The Bertz CT molecular complexity index is 283. The highest BCUT2D eigenvalue weighted by Crippen LogP contribution is 2.30. The largest absolute Gasteiger partial charge is 0.450 e. The molecular formula is C10H17F3N2O2. The number of hydrogen-bond acceptors (Lipinski definition) is 3. The molecule has 0 aromatic heterocycles. The summed E-state index contributed by atoms with van der Waals surface area (Å²) in [6.45, 7) is 3.42. The fourth-order valence-electron chi connectivity index (χ4n) is 2.07. The van der Waals surface area contributed by atoms with Crippen LogP contribution in [0.4, 0.5) is 18.0 Å². The van der Waals surface area contributed by atoms with Crippen molar-refractivity contribution >= 4 is 6.09 Å². The topological polar surface area (TPSA) is 32.8 Å². The number of alkyl halides is 3. The van der Waals surface area contributed by atoms with Crippen LogP contribution in [0.5, 0.6) is 0 Å². The first kappa shape index (κ1) is 14.1. The third-order valence-electron chi connectivity index (χ3n) is 2.73. The van der Waals surface area contributed by atoms with E-state index >= 15 is 0 Å². The van der Waals surface area contributed by atoms with Crippen molar-refractivity contribution in [1.82, 2.24) is 9.80 Å². The van der Waals surface area contributed by atoms with Crippen LogP contribution in [-0.4, -0.2) is 60.9 Å². The van der Waals surface area contributed by atoms with Gasteiger partial charge in [-0.1, -0.05) is 0 Å². The summed E-state index contributed by atoms with van der Waals surface area (Å²) in [7, 11) is 1.61. The highest BCUT2D eigenvalue weighted by molar-refractivity contribution is 5.68. The number of halogens is 3. The average Bonchev–Trinajstić information content (AvgIpc) is 2.15. The Morgan fingerprint density at radius 2 is 2.00 bits per heavy atom. The number of carbonyl (C=O) groups is 1. The summed E-state index contributed by atoms with van der Waals surface area (Å²) in [6, 6.07) is -2.31. The Balaban J connectivity index is 2.91. The van der Waals surface area contributed by atoms with E-state index in [1.807, 2.05) is 0 Å². The van der Waals surface area contributed by atoms with Crippen LogP contribution in [0.3, 0.4) is 0 Å². The average molecular weight is 254 g/mol. The number of carbonyl (C=O) groups excluding carboxylic acids is 1. The van der Waals surface area contributed by atoms with Gasteiger partial charge in [0, 0.05) is 19.1 Å². The van der Waals surface area contributed by atoms with Crippen LogP contribution in [0, 0.1) is 0 Å². The molecule has 0 spiro atoms. The molecule has 0 bridgehead atoms. The molecule has 1 aliphatic heterocycles. The smallest absolute Gasteiger partial charge is 0.410 e. The molecule has 0 N–H and O–H groups in total. The van der Waals surface area contributed by atoms with Crippen LogP contribution in [-0.2, 0) is 4.74 Å². The van der Waals surface area contributed by atoms with Crippen LogP contribution in [0.2, 0.25) is 0 Å². The molecule has 2 unspecified atom stereocenters. The number of piperazine rings is 1. The summed E-state index contributed by atoms with van der Waals surface area (Å²) in [5.41, 5.74) is 0. The lowest BCUT2D eigenvalue weighted by Crippen LogP contribution is -2.63. The van der Waals surface area contributed by atoms with Crippen molar-refractivity contribution in [2.24, 2.45) is 0 Å². The highest BCUT2D eigenvalue weighted by Gasteiger charge is 2.50. The van der Waals surface area contributed by atoms with E-state index in [4.69, 9.17) is 0 Å². The van der Waals surface area contributed by atoms with Crippen molar-refractivity contribution in [2.75, 3.05) is 26.7 Å². The van der Waals surface area contributed by atoms with Crippen LogP contribution < -0.4 is 0 Å². The number of rotatable bonds is 1. The number of hydrogen-bond donors (Lipinski definition) is 0. The van der Waals surface area contributed by atoms with Crippen LogP contribution in [0.1, 0.15) is 13.8 Å². The normalized spacial score (nSPS) is 27.1. The van der Waals surface area contributed by atoms with E-state index in [9.17, 15) is 18.0 Å². The predicted octanol–water partition coefficient (Wildman–Crippen LogP) is 1.71. The van der Waals surface area contributed by atoms with Crippen molar-refractivity contribution in [3.63, 3.8) is 0 Å². The van der Waals surface area contributed by atoms with Crippen LogP contribution in [0.15, 0.2) is 0 Å². The molecule has 1 aliphatic rings. The lowest BCUT2D eigenvalue weighted by molar-refractivity contribution is -0.196. The maximum absolute atomic E-state index is 12.9. The fraction of sp³-hybridized carbons (Fsp3) is 0.900. The Labute approximate surface area is 98.3 Å². The second-order valence-electron chi connectivity index (χ2n) is 4.23. The second kappa shape index (κ2) is 5.12. The third-order valence-corrected chi connectivity index (χ3v) is 2.73. The molecule has 100 valence electrons. The molecule has 4 nitrogen and oxygen atoms in total. The predicted molar refractivity (Wildman–Crippen MR) is 55.7 cm³/mol. The van der Waals surface area contributed by atoms with Gasteiger partial charge in [0.05, 0.1) is 6.61 Å². The molecule has 1 rings (SSSR count). The van der Waals surface area contributed by atoms with E-state index in [1.54, 1.807) is 25.8 Å². The quantitative estimate of drug-likeness (QED) is 0.714. The van der Waals surface area contributed by atoms with Gasteiger partial charge in [-0.2, -0.15) is 13.2 Å². The van der Waals surface area contributed by atoms with Gasteiger partial charge in [-0.05, 0) is 20.9 Å². The molecule has 0 aliphatic carbocycles. The maximum atomic E-state index is 12.9. The molecule has 0 saturated carbocycles. The lowest BCUT2D eigenvalue weighted by atomic mass is 10.1. The minimum absolute atomic E-state index is 0.0719. The third kappa shape index (κ3) is 3.24. The van der Waals surface area contributed by atoms with E-state index < -0.39 is 24.4 Å². The molecule has 1 saturated heterocycles. The number of ether oxygens (including phenoxy) is 1. The van der Waals surface area contributed by atoms with Crippen molar-refractivity contribution in [1.29, 1.82) is 0 Å². The Morgan fingerprint density at radius 1 is 1.41 bits per heavy atom. The fourth-order valence-corrected chi connectivity index (χ4v) is 2.07. The van der Waals surface area contributed by atoms with E-state index in [2.05, 4.69) is 4.74 Å². The monoisotopic (exact) mass is 254 g/mol. The van der Waals surface area contributed by atoms with Crippen molar-refractivity contribution in [3.05, 3.63) is 0 Å². The van der Waals surface area contributed by atoms with Crippen molar-refractivity contribution < 1.29 is 22.7 Å². The summed E-state index contributed by atoms with van der Waals surface area (Å²) >= 11 is 0. The van der Waals surface area contributed by atoms with E-state index in [-0.39, 0.29) is 13.2 Å². The number of nitrogens with zero attached hydrogens (tertiary/aromatic N) is 2. The van der Waals surface area contributed by atoms with Gasteiger partial charge in [-0.3, -0.25) is 4.90 Å². The van der Waals surface area contributed by atoms with Gasteiger partial charge in [0.2, 0.25) is 0 Å². The van der Waals surface area contributed by atoms with Gasteiger partial charge < -0.3 is 9.64 Å². The number of amides is 1.